The fourth-order valence-electron chi connectivity index (χ4n) is 6.12. The average molecular weight is 746 g/mol. The highest BCUT2D eigenvalue weighted by atomic mass is 32.2. The monoisotopic (exact) mass is 745 g/mol. The number of nitrogen functional groups attached to an aromatic ring is 1. The van der Waals surface area contributed by atoms with Crippen molar-refractivity contribution >= 4 is 40.9 Å². The van der Waals surface area contributed by atoms with Crippen LogP contribution < -0.4 is 16.4 Å². The molecule has 1 fully saturated rings. The smallest absolute Gasteiger partial charge is 0.335 e. The minimum atomic E-state index is -0.956. The van der Waals surface area contributed by atoms with Gasteiger partial charge in [-0.15, -0.1) is 11.8 Å². The van der Waals surface area contributed by atoms with Crippen molar-refractivity contribution in [3.8, 4) is 11.1 Å². The molecular weight excluding hydrogens is 703 g/mol. The van der Waals surface area contributed by atoms with Gasteiger partial charge in [-0.25, -0.2) is 4.79 Å². The molecule has 5 aromatic carbocycles. The molecule has 0 aromatic heterocycles. The van der Waals surface area contributed by atoms with E-state index in [9.17, 15) is 24.6 Å². The average Bonchev–Trinajstić information content (AvgIpc) is 3.20. The molecule has 1 saturated heterocycles. The predicted molar refractivity (Wildman–Crippen MR) is 210 cm³/mol. The lowest BCUT2D eigenvalue weighted by atomic mass is 9.99. The Morgan fingerprint density at radius 3 is 2.20 bits per heavy atom. The van der Waals surface area contributed by atoms with Crippen LogP contribution in [0.5, 0.6) is 0 Å². The number of nitrogens with one attached hydrogen (secondary N) is 2. The maximum atomic E-state index is 12.5. The van der Waals surface area contributed by atoms with Gasteiger partial charge in [-0.1, -0.05) is 78.9 Å². The van der Waals surface area contributed by atoms with E-state index in [1.54, 1.807) is 48.2 Å². The number of rotatable bonds is 15. The van der Waals surface area contributed by atoms with Gasteiger partial charge < -0.3 is 36.1 Å². The van der Waals surface area contributed by atoms with Crippen molar-refractivity contribution < 1.29 is 34.1 Å². The van der Waals surface area contributed by atoms with Gasteiger partial charge in [0.25, 0.3) is 0 Å². The van der Waals surface area contributed by atoms with Crippen LogP contribution in [0.1, 0.15) is 70.7 Å². The van der Waals surface area contributed by atoms with E-state index in [2.05, 4.69) is 10.6 Å². The number of carboxylic acid groups (broad SMARTS) is 1. The van der Waals surface area contributed by atoms with Crippen LogP contribution in [0, 0.1) is 0 Å². The number of aromatic carboxylic acids is 1. The zero-order valence-electron chi connectivity index (χ0n) is 29.7. The number of carboxylic acids is 1. The number of benzene rings is 5. The van der Waals surface area contributed by atoms with Crippen LogP contribution >= 0.6 is 11.8 Å². The Bertz CT molecular complexity index is 2040. The summed E-state index contributed by atoms with van der Waals surface area (Å²) in [7, 11) is 0. The lowest BCUT2D eigenvalue weighted by Crippen LogP contribution is -2.31. The van der Waals surface area contributed by atoms with Gasteiger partial charge in [0.05, 0.1) is 35.8 Å². The summed E-state index contributed by atoms with van der Waals surface area (Å²) in [6.45, 7) is 0.334. The van der Waals surface area contributed by atoms with Crippen LogP contribution in [0.2, 0.25) is 0 Å². The molecule has 10 nitrogen and oxygen atoms in total. The van der Waals surface area contributed by atoms with Crippen molar-refractivity contribution in [3.05, 3.63) is 149 Å². The highest BCUT2D eigenvalue weighted by Crippen LogP contribution is 2.40. The van der Waals surface area contributed by atoms with Crippen molar-refractivity contribution in [1.29, 1.82) is 0 Å². The second-order valence-electron chi connectivity index (χ2n) is 13.1. The maximum absolute atomic E-state index is 12.5. The number of ether oxygens (including phenoxy) is 2. The molecule has 1 aliphatic heterocycles. The number of aliphatic hydroxyl groups is 1. The molecule has 278 valence electrons. The first-order valence-electron chi connectivity index (χ1n) is 17.8. The molecule has 1 aliphatic rings. The zero-order chi connectivity index (χ0) is 37.9. The number of nitrogens with two attached hydrogens (primary N) is 1. The number of hydrogen-bond acceptors (Lipinski definition) is 8. The van der Waals surface area contributed by atoms with Gasteiger partial charge in [0, 0.05) is 42.0 Å². The Kier molecular flexibility index (Phi) is 13.1. The molecule has 6 rings (SSSR count). The van der Waals surface area contributed by atoms with E-state index in [-0.39, 0.29) is 49.0 Å². The van der Waals surface area contributed by atoms with Crippen LogP contribution in [0.4, 0.5) is 11.4 Å². The molecular formula is C43H43N3O7S. The van der Waals surface area contributed by atoms with E-state index in [1.807, 2.05) is 84.9 Å². The van der Waals surface area contributed by atoms with Crippen molar-refractivity contribution in [2.75, 3.05) is 16.8 Å². The molecule has 0 aliphatic carbocycles. The van der Waals surface area contributed by atoms with Gasteiger partial charge >= 0.3 is 5.97 Å². The number of carbonyl (C=O) groups is 3. The number of para-hydroxylation sites is 2. The number of aliphatic hydroxyl groups excluding tert-OH is 1. The highest BCUT2D eigenvalue weighted by Gasteiger charge is 2.32. The van der Waals surface area contributed by atoms with Gasteiger partial charge in [-0.3, -0.25) is 9.59 Å². The van der Waals surface area contributed by atoms with Gasteiger partial charge in [0.15, 0.2) is 6.29 Å². The number of hydrogen-bond donors (Lipinski definition) is 5. The second-order valence-corrected chi connectivity index (χ2v) is 14.2. The molecule has 54 heavy (non-hydrogen) atoms. The van der Waals surface area contributed by atoms with Crippen molar-refractivity contribution in [2.24, 2.45) is 0 Å². The quantitative estimate of drug-likeness (QED) is 0.0531. The summed E-state index contributed by atoms with van der Waals surface area (Å²) in [6, 6.07) is 37.7. The standard InChI is InChI=1S/C43H43N3O7S/c44-37-7-1-2-8-38(37)46-41(49)10-4-9-40(48)45-25-29-5-3-6-34(23-29)30-15-17-33(18-16-30)43-52-35(27-54-36-21-19-32(20-22-36)42(50)51)24-39(53-43)31-13-11-28(26-47)12-14-31/h1-3,5-8,11-23,35,39,43,47H,4,9-10,24-27,44H2,(H,45,48)(H,46,49)(H,50,51). The van der Waals surface area contributed by atoms with Crippen LogP contribution in [0.3, 0.4) is 0 Å². The third-order valence-corrected chi connectivity index (χ3v) is 10.3. The van der Waals surface area contributed by atoms with Gasteiger partial charge in [-0.05, 0) is 76.7 Å². The van der Waals surface area contributed by atoms with Gasteiger partial charge in [0.2, 0.25) is 11.8 Å². The van der Waals surface area contributed by atoms with E-state index in [1.165, 1.54) is 0 Å². The second kappa shape index (κ2) is 18.5. The molecule has 0 radical (unpaired) electrons. The summed E-state index contributed by atoms with van der Waals surface area (Å²) in [5, 5.41) is 24.5. The maximum Gasteiger partial charge on any atom is 0.335 e. The largest absolute Gasteiger partial charge is 0.478 e. The minimum Gasteiger partial charge on any atom is -0.478 e. The molecule has 0 saturated carbocycles. The summed E-state index contributed by atoms with van der Waals surface area (Å²) in [5.74, 6) is -0.616. The summed E-state index contributed by atoms with van der Waals surface area (Å²) < 4.78 is 13.0. The van der Waals surface area contributed by atoms with Crippen molar-refractivity contribution in [3.63, 3.8) is 0 Å². The fourth-order valence-corrected chi connectivity index (χ4v) is 7.04. The molecule has 6 N–H and O–H groups in total. The molecule has 3 atom stereocenters. The Labute approximate surface area is 318 Å². The summed E-state index contributed by atoms with van der Waals surface area (Å²) in [5.41, 5.74) is 12.9. The first-order chi connectivity index (χ1) is 26.2. The predicted octanol–water partition coefficient (Wildman–Crippen LogP) is 7.89. The number of carbonyl (C=O) groups excluding carboxylic acids is 2. The summed E-state index contributed by atoms with van der Waals surface area (Å²) >= 11 is 1.61. The minimum absolute atomic E-state index is 0.0324. The van der Waals surface area contributed by atoms with Crippen LogP contribution in [0.25, 0.3) is 11.1 Å². The molecule has 0 bridgehead atoms. The fraction of sp³-hybridized carbons (Fsp3) is 0.233. The van der Waals surface area contributed by atoms with E-state index < -0.39 is 12.3 Å². The lowest BCUT2D eigenvalue weighted by molar-refractivity contribution is -0.245. The Balaban J connectivity index is 1.05. The highest BCUT2D eigenvalue weighted by molar-refractivity contribution is 7.99. The summed E-state index contributed by atoms with van der Waals surface area (Å²) in [4.78, 5) is 37.1. The first kappa shape index (κ1) is 38.3. The van der Waals surface area contributed by atoms with E-state index >= 15 is 0 Å². The zero-order valence-corrected chi connectivity index (χ0v) is 30.5. The van der Waals surface area contributed by atoms with Crippen LogP contribution in [0.15, 0.2) is 126 Å². The molecule has 5 aromatic rings. The van der Waals surface area contributed by atoms with Crippen LogP contribution in [-0.4, -0.2) is 39.9 Å². The van der Waals surface area contributed by atoms with Gasteiger partial charge in [-0.2, -0.15) is 0 Å². The molecule has 11 heteroatoms. The van der Waals surface area contributed by atoms with E-state index in [0.29, 0.717) is 36.5 Å². The van der Waals surface area contributed by atoms with E-state index in [0.717, 1.165) is 38.3 Å². The molecule has 3 unspecified atom stereocenters. The topological polar surface area (TPSA) is 160 Å². The number of thioether (sulfide) groups is 1. The lowest BCUT2D eigenvalue weighted by Gasteiger charge is -2.36. The third kappa shape index (κ3) is 10.6. The molecule has 2 amide bonds. The molecule has 0 spiro atoms. The van der Waals surface area contributed by atoms with Crippen molar-refractivity contribution in [1.82, 2.24) is 5.32 Å². The van der Waals surface area contributed by atoms with Crippen LogP contribution in [-0.2, 0) is 32.2 Å². The number of amides is 2. The van der Waals surface area contributed by atoms with Gasteiger partial charge in [0.1, 0.15) is 0 Å². The van der Waals surface area contributed by atoms with E-state index in [4.69, 9.17) is 15.2 Å². The molecule has 1 heterocycles. The third-order valence-electron chi connectivity index (χ3n) is 9.13. The Morgan fingerprint density at radius 2 is 1.48 bits per heavy atom. The summed E-state index contributed by atoms with van der Waals surface area (Å²) in [6.07, 6.45) is 0.520. The normalized spacial score (nSPS) is 16.7. The first-order valence-corrected chi connectivity index (χ1v) is 18.8. The SMILES string of the molecule is Nc1ccccc1NC(=O)CCCC(=O)NCc1cccc(-c2ccc(C3OC(CSc4ccc(C(=O)O)cc4)CC(c4ccc(CO)cc4)O3)cc2)c1. The number of anilines is 2. The Morgan fingerprint density at radius 1 is 0.759 bits per heavy atom. The van der Waals surface area contributed by atoms with Crippen molar-refractivity contribution in [2.45, 2.75) is 62.2 Å². The Hall–Kier alpha value is -5.46.